The molecule has 2 atom stereocenters. The standard InChI is InChI=1S/C17H28N2O4/c1-6-8-12(18-15(20)7-2)17(22)19-13(9-11(3)4)14(23-5)10-16(19)21/h10-13H,6-9H2,1-5H3,(H,18,20)/t12-,13-/m0/s1. The molecule has 0 aromatic heterocycles. The topological polar surface area (TPSA) is 75.7 Å². The van der Waals surface area contributed by atoms with Crippen molar-refractivity contribution in [1.29, 1.82) is 0 Å². The monoisotopic (exact) mass is 324 g/mol. The van der Waals surface area contributed by atoms with Gasteiger partial charge in [-0.1, -0.05) is 34.1 Å². The predicted molar refractivity (Wildman–Crippen MR) is 87.3 cm³/mol. The van der Waals surface area contributed by atoms with Crippen molar-refractivity contribution in [2.24, 2.45) is 5.92 Å². The lowest BCUT2D eigenvalue weighted by Crippen LogP contribution is -2.52. The number of hydrogen-bond acceptors (Lipinski definition) is 4. The minimum Gasteiger partial charge on any atom is -0.499 e. The summed E-state index contributed by atoms with van der Waals surface area (Å²) in [5, 5.41) is 2.73. The van der Waals surface area contributed by atoms with E-state index in [1.807, 2.05) is 20.8 Å². The van der Waals surface area contributed by atoms with E-state index in [0.29, 0.717) is 30.9 Å². The van der Waals surface area contributed by atoms with Gasteiger partial charge in [0.1, 0.15) is 11.8 Å². The molecule has 23 heavy (non-hydrogen) atoms. The van der Waals surface area contributed by atoms with Gasteiger partial charge in [0.2, 0.25) is 5.91 Å². The third kappa shape index (κ3) is 4.81. The molecule has 0 spiro atoms. The summed E-state index contributed by atoms with van der Waals surface area (Å²) in [5.74, 6) is -0.107. The van der Waals surface area contributed by atoms with Gasteiger partial charge in [-0.15, -0.1) is 0 Å². The Hall–Kier alpha value is -1.85. The minimum atomic E-state index is -0.671. The van der Waals surface area contributed by atoms with Crippen molar-refractivity contribution in [3.63, 3.8) is 0 Å². The molecule has 0 fully saturated rings. The summed E-state index contributed by atoms with van der Waals surface area (Å²) in [7, 11) is 1.50. The number of hydrogen-bond donors (Lipinski definition) is 1. The van der Waals surface area contributed by atoms with Crippen LogP contribution in [0.25, 0.3) is 0 Å². The smallest absolute Gasteiger partial charge is 0.257 e. The summed E-state index contributed by atoms with van der Waals surface area (Å²) in [5.41, 5.74) is 0. The van der Waals surface area contributed by atoms with Crippen molar-refractivity contribution in [3.05, 3.63) is 11.8 Å². The van der Waals surface area contributed by atoms with Gasteiger partial charge in [-0.25, -0.2) is 0 Å². The molecule has 0 aromatic carbocycles. The Morgan fingerprint density at radius 2 is 2.00 bits per heavy atom. The maximum atomic E-state index is 12.9. The molecule has 3 amide bonds. The Balaban J connectivity index is 3.00. The fraction of sp³-hybridized carbons (Fsp3) is 0.706. The SMILES string of the molecule is CCC[C@H](NC(=O)CC)C(=O)N1C(=O)C=C(OC)[C@@H]1CC(C)C. The molecule has 6 heteroatoms. The zero-order valence-corrected chi connectivity index (χ0v) is 14.7. The molecule has 1 aliphatic rings. The number of carbonyl (C=O) groups is 3. The van der Waals surface area contributed by atoms with E-state index in [1.165, 1.54) is 18.1 Å². The zero-order chi connectivity index (χ0) is 17.6. The van der Waals surface area contributed by atoms with Crippen LogP contribution in [-0.4, -0.2) is 41.8 Å². The second-order valence-electron chi connectivity index (χ2n) is 6.20. The van der Waals surface area contributed by atoms with Crippen LogP contribution in [0, 0.1) is 5.92 Å². The van der Waals surface area contributed by atoms with E-state index in [0.717, 1.165) is 6.42 Å². The first-order valence-electron chi connectivity index (χ1n) is 8.27. The van der Waals surface area contributed by atoms with Gasteiger partial charge < -0.3 is 10.1 Å². The first-order chi connectivity index (χ1) is 10.8. The van der Waals surface area contributed by atoms with Gasteiger partial charge in [0, 0.05) is 12.5 Å². The highest BCUT2D eigenvalue weighted by Crippen LogP contribution is 2.27. The van der Waals surface area contributed by atoms with Crippen molar-refractivity contribution < 1.29 is 19.1 Å². The van der Waals surface area contributed by atoms with E-state index in [1.54, 1.807) is 6.92 Å². The molecular formula is C17H28N2O4. The summed E-state index contributed by atoms with van der Waals surface area (Å²) >= 11 is 0. The van der Waals surface area contributed by atoms with E-state index >= 15 is 0 Å². The van der Waals surface area contributed by atoms with E-state index in [9.17, 15) is 14.4 Å². The van der Waals surface area contributed by atoms with E-state index < -0.39 is 12.1 Å². The number of imide groups is 1. The lowest BCUT2D eigenvalue weighted by atomic mass is 10.0. The van der Waals surface area contributed by atoms with Crippen LogP contribution in [-0.2, 0) is 19.1 Å². The molecule has 1 heterocycles. The number of rotatable bonds is 8. The maximum absolute atomic E-state index is 12.9. The molecule has 130 valence electrons. The Morgan fingerprint density at radius 3 is 2.48 bits per heavy atom. The second kappa shape index (κ2) is 8.70. The van der Waals surface area contributed by atoms with E-state index in [-0.39, 0.29) is 17.7 Å². The van der Waals surface area contributed by atoms with Gasteiger partial charge in [0.05, 0.1) is 13.2 Å². The highest BCUT2D eigenvalue weighted by Gasteiger charge is 2.41. The van der Waals surface area contributed by atoms with Crippen LogP contribution in [0.15, 0.2) is 11.8 Å². The van der Waals surface area contributed by atoms with E-state index in [2.05, 4.69) is 5.32 Å². The second-order valence-corrected chi connectivity index (χ2v) is 6.20. The normalized spacial score (nSPS) is 18.9. The number of methoxy groups -OCH3 is 1. The number of nitrogens with zero attached hydrogens (tertiary/aromatic N) is 1. The predicted octanol–water partition coefficient (Wildman–Crippen LogP) is 2.00. The van der Waals surface area contributed by atoms with Gasteiger partial charge in [-0.2, -0.15) is 0 Å². The quantitative estimate of drug-likeness (QED) is 0.741. The molecule has 1 aliphatic heterocycles. The number of amides is 3. The molecule has 0 bridgehead atoms. The summed E-state index contributed by atoms with van der Waals surface area (Å²) in [4.78, 5) is 38.0. The van der Waals surface area contributed by atoms with Crippen molar-refractivity contribution in [1.82, 2.24) is 10.2 Å². The highest BCUT2D eigenvalue weighted by molar-refractivity contribution is 6.06. The van der Waals surface area contributed by atoms with Crippen LogP contribution < -0.4 is 5.32 Å². The van der Waals surface area contributed by atoms with Gasteiger partial charge in [-0.05, 0) is 18.8 Å². The van der Waals surface area contributed by atoms with Crippen LogP contribution in [0.5, 0.6) is 0 Å². The van der Waals surface area contributed by atoms with Crippen LogP contribution in [0.2, 0.25) is 0 Å². The van der Waals surface area contributed by atoms with Crippen molar-refractivity contribution >= 4 is 17.7 Å². The lowest BCUT2D eigenvalue weighted by molar-refractivity contribution is -0.146. The Morgan fingerprint density at radius 1 is 1.35 bits per heavy atom. The number of ether oxygens (including phenoxy) is 1. The molecule has 0 saturated heterocycles. The Bertz CT molecular complexity index is 485. The third-order valence-electron chi connectivity index (χ3n) is 3.84. The van der Waals surface area contributed by atoms with Crippen LogP contribution in [0.4, 0.5) is 0 Å². The van der Waals surface area contributed by atoms with Gasteiger partial charge in [0.15, 0.2) is 0 Å². The molecule has 1 N–H and O–H groups in total. The average Bonchev–Trinajstić information content (AvgIpc) is 2.80. The Labute approximate surface area is 138 Å². The molecule has 1 rings (SSSR count). The fourth-order valence-corrected chi connectivity index (χ4v) is 2.70. The van der Waals surface area contributed by atoms with Crippen LogP contribution in [0.3, 0.4) is 0 Å². The summed E-state index contributed by atoms with van der Waals surface area (Å²) in [6, 6.07) is -1.06. The van der Waals surface area contributed by atoms with Crippen molar-refractivity contribution in [2.75, 3.05) is 7.11 Å². The zero-order valence-electron chi connectivity index (χ0n) is 14.7. The largest absolute Gasteiger partial charge is 0.499 e. The number of carbonyl (C=O) groups excluding carboxylic acids is 3. The van der Waals surface area contributed by atoms with Crippen LogP contribution >= 0.6 is 0 Å². The Kier molecular flexibility index (Phi) is 7.26. The average molecular weight is 324 g/mol. The molecule has 0 aliphatic carbocycles. The maximum Gasteiger partial charge on any atom is 0.257 e. The molecule has 0 aromatic rings. The fourth-order valence-electron chi connectivity index (χ4n) is 2.70. The molecular weight excluding hydrogens is 296 g/mol. The third-order valence-corrected chi connectivity index (χ3v) is 3.84. The molecule has 6 nitrogen and oxygen atoms in total. The lowest BCUT2D eigenvalue weighted by Gasteiger charge is -2.29. The number of nitrogens with one attached hydrogen (secondary N) is 1. The van der Waals surface area contributed by atoms with E-state index in [4.69, 9.17) is 4.74 Å². The van der Waals surface area contributed by atoms with Gasteiger partial charge in [-0.3, -0.25) is 19.3 Å². The van der Waals surface area contributed by atoms with Crippen LogP contribution in [0.1, 0.15) is 53.4 Å². The van der Waals surface area contributed by atoms with Gasteiger partial charge >= 0.3 is 0 Å². The van der Waals surface area contributed by atoms with Gasteiger partial charge in [0.25, 0.3) is 11.8 Å². The minimum absolute atomic E-state index is 0.191. The summed E-state index contributed by atoms with van der Waals surface area (Å²) in [6.45, 7) is 7.73. The summed E-state index contributed by atoms with van der Waals surface area (Å²) < 4.78 is 5.28. The summed E-state index contributed by atoms with van der Waals surface area (Å²) in [6.07, 6.45) is 3.55. The first kappa shape index (κ1) is 19.2. The molecule has 0 radical (unpaired) electrons. The first-order valence-corrected chi connectivity index (χ1v) is 8.27. The molecule has 0 saturated carbocycles. The van der Waals surface area contributed by atoms with Crippen molar-refractivity contribution in [2.45, 2.75) is 65.5 Å². The van der Waals surface area contributed by atoms with Crippen molar-refractivity contribution in [3.8, 4) is 0 Å². The highest BCUT2D eigenvalue weighted by atomic mass is 16.5. The molecule has 0 unspecified atom stereocenters.